The van der Waals surface area contributed by atoms with E-state index in [1.807, 2.05) is 0 Å². The number of aliphatic hydroxyl groups is 1. The molecule has 2 rings (SSSR count). The molecule has 1 saturated heterocycles. The van der Waals surface area contributed by atoms with Gasteiger partial charge in [0.25, 0.3) is 0 Å². The molecule has 2 heterocycles. The van der Waals surface area contributed by atoms with Gasteiger partial charge in [-0.3, -0.25) is 4.90 Å². The molecule has 24 heavy (non-hydrogen) atoms. The molecule has 0 spiro atoms. The summed E-state index contributed by atoms with van der Waals surface area (Å²) in [5.74, 6) is 0.153. The van der Waals surface area contributed by atoms with Crippen molar-refractivity contribution < 1.29 is 31.4 Å². The SMILES string of the molecule is O[C@H](CN1CCN(c2ncc(C(F)(F)F)cc2Cl)CC1)C(F)(F)F. The van der Waals surface area contributed by atoms with Crippen molar-refractivity contribution >= 4 is 17.4 Å². The molecule has 1 aliphatic rings. The molecular weight excluding hydrogens is 364 g/mol. The normalized spacial score (nSPS) is 18.8. The summed E-state index contributed by atoms with van der Waals surface area (Å²) in [5, 5.41) is 8.88. The Morgan fingerprint density at radius 1 is 1.12 bits per heavy atom. The molecule has 0 bridgehead atoms. The minimum Gasteiger partial charge on any atom is -0.382 e. The highest BCUT2D eigenvalue weighted by Crippen LogP contribution is 2.33. The molecule has 4 nitrogen and oxygen atoms in total. The quantitative estimate of drug-likeness (QED) is 0.822. The molecule has 136 valence electrons. The zero-order chi connectivity index (χ0) is 18.1. The second kappa shape index (κ2) is 6.93. The van der Waals surface area contributed by atoms with Crippen LogP contribution in [0.2, 0.25) is 5.02 Å². The lowest BCUT2D eigenvalue weighted by atomic mass is 10.2. The van der Waals surface area contributed by atoms with Crippen molar-refractivity contribution in [3.63, 3.8) is 0 Å². The van der Waals surface area contributed by atoms with E-state index in [0.717, 1.165) is 6.07 Å². The van der Waals surface area contributed by atoms with Gasteiger partial charge in [-0.25, -0.2) is 4.98 Å². The smallest absolute Gasteiger partial charge is 0.382 e. The molecule has 0 aromatic carbocycles. The molecule has 0 saturated carbocycles. The van der Waals surface area contributed by atoms with Gasteiger partial charge in [-0.2, -0.15) is 26.3 Å². The molecule has 1 N–H and O–H groups in total. The van der Waals surface area contributed by atoms with E-state index in [9.17, 15) is 26.3 Å². The molecule has 0 amide bonds. The van der Waals surface area contributed by atoms with Crippen LogP contribution in [-0.2, 0) is 6.18 Å². The van der Waals surface area contributed by atoms with Crippen LogP contribution in [0.25, 0.3) is 0 Å². The van der Waals surface area contributed by atoms with Crippen molar-refractivity contribution in [1.82, 2.24) is 9.88 Å². The van der Waals surface area contributed by atoms with E-state index in [-0.39, 0.29) is 37.0 Å². The maximum atomic E-state index is 12.6. The van der Waals surface area contributed by atoms with E-state index in [4.69, 9.17) is 16.7 Å². The van der Waals surface area contributed by atoms with Gasteiger partial charge in [0, 0.05) is 38.9 Å². The fourth-order valence-corrected chi connectivity index (χ4v) is 2.59. The predicted molar refractivity (Wildman–Crippen MR) is 75.0 cm³/mol. The van der Waals surface area contributed by atoms with Gasteiger partial charge in [-0.15, -0.1) is 0 Å². The fourth-order valence-electron chi connectivity index (χ4n) is 2.31. The lowest BCUT2D eigenvalue weighted by Gasteiger charge is -2.36. The molecular formula is C13H14ClF6N3O. The van der Waals surface area contributed by atoms with E-state index in [0.29, 0.717) is 6.20 Å². The van der Waals surface area contributed by atoms with Crippen molar-refractivity contribution in [2.24, 2.45) is 0 Å². The first-order chi connectivity index (χ1) is 11.0. The van der Waals surface area contributed by atoms with Crippen LogP contribution in [0.3, 0.4) is 0 Å². The zero-order valence-electron chi connectivity index (χ0n) is 12.2. The standard InChI is InChI=1S/C13H14ClF6N3O/c14-9-5-8(12(15,16)17)6-21-11(9)23-3-1-22(2-4-23)7-10(24)13(18,19)20/h5-6,10,24H,1-4,7H2/t10-/m1/s1. The number of hydrogen-bond donors (Lipinski definition) is 1. The average molecular weight is 378 g/mol. The monoisotopic (exact) mass is 377 g/mol. The van der Waals surface area contributed by atoms with E-state index in [1.54, 1.807) is 4.90 Å². The van der Waals surface area contributed by atoms with Crippen LogP contribution in [0.4, 0.5) is 32.2 Å². The third kappa shape index (κ3) is 4.64. The van der Waals surface area contributed by atoms with E-state index >= 15 is 0 Å². The second-order valence-corrected chi connectivity index (χ2v) is 5.78. The Labute approximate surface area is 138 Å². The number of β-amino-alcohol motifs (C(OH)–C–C–N with tert-alkyl or cyclic N) is 1. The Morgan fingerprint density at radius 3 is 2.17 bits per heavy atom. The van der Waals surface area contributed by atoms with Gasteiger partial charge in [0.05, 0.1) is 10.6 Å². The van der Waals surface area contributed by atoms with Crippen molar-refractivity contribution in [2.75, 3.05) is 37.6 Å². The number of aromatic nitrogens is 1. The zero-order valence-corrected chi connectivity index (χ0v) is 13.0. The van der Waals surface area contributed by atoms with Crippen LogP contribution in [0.15, 0.2) is 12.3 Å². The van der Waals surface area contributed by atoms with Crippen molar-refractivity contribution in [3.8, 4) is 0 Å². The Balaban J connectivity index is 1.98. The van der Waals surface area contributed by atoms with Gasteiger partial charge in [-0.1, -0.05) is 11.6 Å². The third-order valence-electron chi connectivity index (χ3n) is 3.63. The minimum absolute atomic E-state index is 0.153. The van der Waals surface area contributed by atoms with Gasteiger partial charge in [0.15, 0.2) is 6.10 Å². The number of halogens is 7. The number of piperazine rings is 1. The summed E-state index contributed by atoms with van der Waals surface area (Å²) in [6, 6.07) is 0.768. The first-order valence-electron chi connectivity index (χ1n) is 6.93. The third-order valence-corrected chi connectivity index (χ3v) is 3.91. The van der Waals surface area contributed by atoms with Crippen LogP contribution in [0.1, 0.15) is 5.56 Å². The predicted octanol–water partition coefficient (Wildman–Crippen LogP) is 2.80. The lowest BCUT2D eigenvalue weighted by molar-refractivity contribution is -0.208. The molecule has 1 aliphatic heterocycles. The van der Waals surface area contributed by atoms with Gasteiger partial charge < -0.3 is 10.0 Å². The Morgan fingerprint density at radius 2 is 1.71 bits per heavy atom. The lowest BCUT2D eigenvalue weighted by Crippen LogP contribution is -2.51. The Bertz CT molecular complexity index is 572. The van der Waals surface area contributed by atoms with Gasteiger partial charge in [0.1, 0.15) is 5.82 Å². The van der Waals surface area contributed by atoms with Gasteiger partial charge in [-0.05, 0) is 6.07 Å². The Kier molecular flexibility index (Phi) is 5.50. The summed E-state index contributed by atoms with van der Waals surface area (Å²) < 4.78 is 74.7. The molecule has 0 aliphatic carbocycles. The summed E-state index contributed by atoms with van der Waals surface area (Å²) in [4.78, 5) is 6.74. The molecule has 0 radical (unpaired) electrons. The largest absolute Gasteiger partial charge is 0.417 e. The first kappa shape index (κ1) is 19.1. The van der Waals surface area contributed by atoms with Crippen molar-refractivity contribution in [3.05, 3.63) is 22.8 Å². The molecule has 1 atom stereocenters. The molecule has 1 aromatic rings. The minimum atomic E-state index is -4.69. The van der Waals surface area contributed by atoms with Crippen molar-refractivity contribution in [2.45, 2.75) is 18.5 Å². The van der Waals surface area contributed by atoms with Crippen LogP contribution < -0.4 is 4.90 Å². The van der Waals surface area contributed by atoms with Crippen LogP contribution >= 0.6 is 11.6 Å². The number of nitrogens with zero attached hydrogens (tertiary/aromatic N) is 3. The second-order valence-electron chi connectivity index (χ2n) is 5.37. The topological polar surface area (TPSA) is 39.6 Å². The summed E-state index contributed by atoms with van der Waals surface area (Å²) in [6.07, 6.45) is -11.0. The highest BCUT2D eigenvalue weighted by Gasteiger charge is 2.39. The summed E-state index contributed by atoms with van der Waals surface area (Å²) >= 11 is 5.84. The Hall–Kier alpha value is -1.26. The molecule has 0 unspecified atom stereocenters. The number of anilines is 1. The van der Waals surface area contributed by atoms with E-state index in [1.165, 1.54) is 4.90 Å². The average Bonchev–Trinajstić information content (AvgIpc) is 2.46. The number of hydrogen-bond acceptors (Lipinski definition) is 4. The van der Waals surface area contributed by atoms with Gasteiger partial charge in [0.2, 0.25) is 0 Å². The number of pyridine rings is 1. The highest BCUT2D eigenvalue weighted by molar-refractivity contribution is 6.33. The van der Waals surface area contributed by atoms with Crippen LogP contribution in [-0.4, -0.2) is 60.0 Å². The summed E-state index contributed by atoms with van der Waals surface area (Å²) in [7, 11) is 0. The van der Waals surface area contributed by atoms with Crippen LogP contribution in [0, 0.1) is 0 Å². The summed E-state index contributed by atoms with van der Waals surface area (Å²) in [5.41, 5.74) is -0.969. The number of aliphatic hydroxyl groups excluding tert-OH is 1. The molecule has 1 fully saturated rings. The number of rotatable bonds is 3. The fraction of sp³-hybridized carbons (Fsp3) is 0.615. The highest BCUT2D eigenvalue weighted by atomic mass is 35.5. The maximum absolute atomic E-state index is 12.6. The van der Waals surface area contributed by atoms with Gasteiger partial charge >= 0.3 is 12.4 Å². The van der Waals surface area contributed by atoms with Crippen LogP contribution in [0.5, 0.6) is 0 Å². The first-order valence-corrected chi connectivity index (χ1v) is 7.31. The number of alkyl halides is 6. The summed E-state index contributed by atoms with van der Waals surface area (Å²) in [6.45, 7) is 0.329. The maximum Gasteiger partial charge on any atom is 0.417 e. The van der Waals surface area contributed by atoms with E-state index < -0.39 is 30.6 Å². The molecule has 11 heteroatoms. The molecule has 1 aromatic heterocycles. The van der Waals surface area contributed by atoms with Crippen molar-refractivity contribution in [1.29, 1.82) is 0 Å². The van der Waals surface area contributed by atoms with E-state index in [2.05, 4.69) is 4.98 Å².